The summed E-state index contributed by atoms with van der Waals surface area (Å²) in [5, 5.41) is 7.60. The molecule has 0 amide bonds. The molecule has 1 N–H and O–H groups in total. The highest BCUT2D eigenvalue weighted by atomic mass is 19.4. The lowest BCUT2D eigenvalue weighted by Gasteiger charge is -2.31. The van der Waals surface area contributed by atoms with Crippen LogP contribution in [0.25, 0.3) is 0 Å². The molecular formula is C22H29F3N4O2. The zero-order chi connectivity index (χ0) is 22.2. The maximum atomic E-state index is 13.6. The van der Waals surface area contributed by atoms with Crippen LogP contribution in [-0.4, -0.2) is 47.7 Å². The van der Waals surface area contributed by atoms with Crippen LogP contribution in [0, 0.1) is 0 Å². The predicted octanol–water partition coefficient (Wildman–Crippen LogP) is 4.68. The number of aromatic nitrogens is 2. The summed E-state index contributed by atoms with van der Waals surface area (Å²) >= 11 is 0. The molecule has 0 saturated carbocycles. The SMILES string of the molecule is COCc1ccc(OC)c(CN2CCC[C@@H]2c2cc3n(n2)[C@@H](C(F)(F)F)C[C@@H](C)N3)c1. The molecule has 2 aliphatic heterocycles. The molecular weight excluding hydrogens is 409 g/mol. The summed E-state index contributed by atoms with van der Waals surface area (Å²) in [5.41, 5.74) is 2.78. The molecule has 3 atom stereocenters. The molecule has 1 aromatic carbocycles. The normalized spacial score (nSPS) is 24.1. The van der Waals surface area contributed by atoms with E-state index in [1.54, 1.807) is 27.2 Å². The number of halogens is 3. The molecule has 0 aliphatic carbocycles. The summed E-state index contributed by atoms with van der Waals surface area (Å²) in [6.45, 7) is 3.78. The molecule has 4 rings (SSSR count). The van der Waals surface area contributed by atoms with Crippen molar-refractivity contribution in [3.63, 3.8) is 0 Å². The molecule has 6 nitrogen and oxygen atoms in total. The number of hydrogen-bond acceptors (Lipinski definition) is 5. The minimum Gasteiger partial charge on any atom is -0.496 e. The van der Waals surface area contributed by atoms with Gasteiger partial charge in [-0.15, -0.1) is 0 Å². The Morgan fingerprint density at radius 3 is 2.74 bits per heavy atom. The van der Waals surface area contributed by atoms with Gasteiger partial charge in [0.05, 0.1) is 25.5 Å². The fourth-order valence-corrected chi connectivity index (χ4v) is 4.72. The molecule has 3 heterocycles. The second-order valence-electron chi connectivity index (χ2n) is 8.45. The smallest absolute Gasteiger partial charge is 0.410 e. The summed E-state index contributed by atoms with van der Waals surface area (Å²) < 4.78 is 52.7. The van der Waals surface area contributed by atoms with E-state index in [9.17, 15) is 13.2 Å². The van der Waals surface area contributed by atoms with Crippen LogP contribution in [0.15, 0.2) is 24.3 Å². The Labute approximate surface area is 180 Å². The molecule has 1 saturated heterocycles. The third-order valence-corrected chi connectivity index (χ3v) is 6.13. The summed E-state index contributed by atoms with van der Waals surface area (Å²) in [5.74, 6) is 1.24. The van der Waals surface area contributed by atoms with Crippen LogP contribution in [0.1, 0.15) is 55.1 Å². The first kappa shape index (κ1) is 22.0. The molecule has 170 valence electrons. The highest BCUT2D eigenvalue weighted by Crippen LogP contribution is 2.42. The van der Waals surface area contributed by atoms with Crippen molar-refractivity contribution in [1.82, 2.24) is 14.7 Å². The van der Waals surface area contributed by atoms with Crippen LogP contribution in [-0.2, 0) is 17.9 Å². The van der Waals surface area contributed by atoms with E-state index in [1.807, 2.05) is 12.1 Å². The maximum Gasteiger partial charge on any atom is 0.410 e. The molecule has 0 spiro atoms. The largest absolute Gasteiger partial charge is 0.496 e. The molecule has 9 heteroatoms. The number of fused-ring (bicyclic) bond motifs is 1. The highest BCUT2D eigenvalue weighted by molar-refractivity contribution is 5.42. The number of nitrogens with one attached hydrogen (secondary N) is 1. The van der Waals surface area contributed by atoms with E-state index in [1.165, 1.54) is 0 Å². The topological polar surface area (TPSA) is 51.6 Å². The maximum absolute atomic E-state index is 13.6. The van der Waals surface area contributed by atoms with Gasteiger partial charge in [-0.3, -0.25) is 4.90 Å². The lowest BCUT2D eigenvalue weighted by Crippen LogP contribution is -2.37. The number of hydrogen-bond donors (Lipinski definition) is 1. The number of likely N-dealkylation sites (tertiary alicyclic amines) is 1. The fraction of sp³-hybridized carbons (Fsp3) is 0.591. The van der Waals surface area contributed by atoms with E-state index in [0.29, 0.717) is 24.7 Å². The first-order valence-electron chi connectivity index (χ1n) is 10.6. The van der Waals surface area contributed by atoms with Gasteiger partial charge >= 0.3 is 6.18 Å². The van der Waals surface area contributed by atoms with Crippen molar-refractivity contribution < 1.29 is 22.6 Å². The molecule has 0 radical (unpaired) electrons. The van der Waals surface area contributed by atoms with Gasteiger partial charge in [-0.25, -0.2) is 4.68 Å². The van der Waals surface area contributed by atoms with Crippen molar-refractivity contribution in [2.45, 2.75) is 63.6 Å². The van der Waals surface area contributed by atoms with Crippen LogP contribution >= 0.6 is 0 Å². The van der Waals surface area contributed by atoms with E-state index in [0.717, 1.165) is 40.9 Å². The Balaban J connectivity index is 1.60. The zero-order valence-corrected chi connectivity index (χ0v) is 18.1. The summed E-state index contributed by atoms with van der Waals surface area (Å²) in [6, 6.07) is 5.89. The number of nitrogens with zero attached hydrogens (tertiary/aromatic N) is 3. The highest BCUT2D eigenvalue weighted by Gasteiger charge is 2.46. The number of benzene rings is 1. The summed E-state index contributed by atoms with van der Waals surface area (Å²) in [7, 11) is 3.30. The number of ether oxygens (including phenoxy) is 2. The van der Waals surface area contributed by atoms with Gasteiger partial charge in [-0.2, -0.15) is 18.3 Å². The van der Waals surface area contributed by atoms with Gasteiger partial charge in [0.2, 0.25) is 0 Å². The Morgan fingerprint density at radius 1 is 1.23 bits per heavy atom. The zero-order valence-electron chi connectivity index (χ0n) is 18.1. The number of methoxy groups -OCH3 is 2. The van der Waals surface area contributed by atoms with Crippen LogP contribution in [0.2, 0.25) is 0 Å². The van der Waals surface area contributed by atoms with Crippen molar-refractivity contribution in [1.29, 1.82) is 0 Å². The standard InChI is InChI=1S/C22H29F3N4O2/c1-14-9-20(22(23,24)25)29-21(26-14)11-17(27-29)18-5-4-8-28(18)12-16-10-15(13-30-2)6-7-19(16)31-3/h6-7,10-11,14,18,20,26H,4-5,8-9,12-13H2,1-3H3/t14-,18-,20-/m1/s1. The van der Waals surface area contributed by atoms with Gasteiger partial charge in [0.1, 0.15) is 11.6 Å². The lowest BCUT2D eigenvalue weighted by molar-refractivity contribution is -0.173. The van der Waals surface area contributed by atoms with Crippen LogP contribution in [0.4, 0.5) is 19.0 Å². The molecule has 1 aromatic heterocycles. The fourth-order valence-electron chi connectivity index (χ4n) is 4.72. The third-order valence-electron chi connectivity index (χ3n) is 6.13. The third kappa shape index (κ3) is 4.52. The monoisotopic (exact) mass is 438 g/mol. The van der Waals surface area contributed by atoms with Gasteiger partial charge in [-0.1, -0.05) is 6.07 Å². The van der Waals surface area contributed by atoms with E-state index >= 15 is 0 Å². The first-order chi connectivity index (χ1) is 14.8. The average Bonchev–Trinajstić information content (AvgIpc) is 3.33. The van der Waals surface area contributed by atoms with E-state index < -0.39 is 12.2 Å². The van der Waals surface area contributed by atoms with Crippen molar-refractivity contribution in [2.75, 3.05) is 26.1 Å². The number of alkyl halides is 3. The minimum atomic E-state index is -4.32. The number of anilines is 1. The summed E-state index contributed by atoms with van der Waals surface area (Å²) in [6.07, 6.45) is -2.50. The van der Waals surface area contributed by atoms with Crippen LogP contribution in [0.5, 0.6) is 5.75 Å². The van der Waals surface area contributed by atoms with Gasteiger partial charge in [0.15, 0.2) is 6.04 Å². The molecule has 2 aliphatic rings. The summed E-state index contributed by atoms with van der Waals surface area (Å²) in [4.78, 5) is 2.27. The molecule has 0 bridgehead atoms. The van der Waals surface area contributed by atoms with Crippen LogP contribution in [0.3, 0.4) is 0 Å². The quantitative estimate of drug-likeness (QED) is 0.710. The molecule has 1 fully saturated rings. The second kappa shape index (κ2) is 8.70. The minimum absolute atomic E-state index is 0.0184. The Bertz CT molecular complexity index is 915. The second-order valence-corrected chi connectivity index (χ2v) is 8.45. The predicted molar refractivity (Wildman–Crippen MR) is 111 cm³/mol. The van der Waals surface area contributed by atoms with Gasteiger partial charge < -0.3 is 14.8 Å². The lowest BCUT2D eigenvalue weighted by atomic mass is 10.1. The molecule has 0 unspecified atom stereocenters. The van der Waals surface area contributed by atoms with Crippen molar-refractivity contribution >= 4 is 5.82 Å². The molecule has 2 aromatic rings. The van der Waals surface area contributed by atoms with Gasteiger partial charge in [0, 0.05) is 31.3 Å². The van der Waals surface area contributed by atoms with Gasteiger partial charge in [-0.05, 0) is 50.4 Å². The van der Waals surface area contributed by atoms with E-state index in [2.05, 4.69) is 21.4 Å². The Hall–Kier alpha value is -2.26. The van der Waals surface area contributed by atoms with E-state index in [4.69, 9.17) is 9.47 Å². The first-order valence-corrected chi connectivity index (χ1v) is 10.6. The van der Waals surface area contributed by atoms with Crippen LogP contribution < -0.4 is 10.1 Å². The number of rotatable bonds is 6. The van der Waals surface area contributed by atoms with Gasteiger partial charge in [0.25, 0.3) is 0 Å². The van der Waals surface area contributed by atoms with Crippen molar-refractivity contribution in [2.24, 2.45) is 0 Å². The Kier molecular flexibility index (Phi) is 6.16. The van der Waals surface area contributed by atoms with Crippen molar-refractivity contribution in [3.8, 4) is 5.75 Å². The van der Waals surface area contributed by atoms with Crippen molar-refractivity contribution in [3.05, 3.63) is 41.1 Å². The van der Waals surface area contributed by atoms with E-state index in [-0.39, 0.29) is 18.5 Å². The average molecular weight is 438 g/mol. The molecule has 31 heavy (non-hydrogen) atoms. The Morgan fingerprint density at radius 2 is 2.03 bits per heavy atom.